The van der Waals surface area contributed by atoms with E-state index in [9.17, 15) is 17.6 Å². The van der Waals surface area contributed by atoms with Crippen molar-refractivity contribution in [3.8, 4) is 11.5 Å². The summed E-state index contributed by atoms with van der Waals surface area (Å²) in [6.07, 6.45) is 1.03. The number of methoxy groups -OCH3 is 2. The van der Waals surface area contributed by atoms with Gasteiger partial charge in [-0.25, -0.2) is 12.8 Å². The third kappa shape index (κ3) is 6.43. The zero-order valence-electron chi connectivity index (χ0n) is 16.8. The van der Waals surface area contributed by atoms with Gasteiger partial charge in [-0.2, -0.15) is 4.31 Å². The predicted octanol–water partition coefficient (Wildman–Crippen LogP) is 2.48. The van der Waals surface area contributed by atoms with Crippen LogP contribution in [0, 0.1) is 5.82 Å². The van der Waals surface area contributed by atoms with Gasteiger partial charge in [-0.15, -0.1) is 0 Å². The predicted molar refractivity (Wildman–Crippen MR) is 108 cm³/mol. The monoisotopic (exact) mass is 424 g/mol. The average molecular weight is 424 g/mol. The van der Waals surface area contributed by atoms with Crippen molar-refractivity contribution in [3.05, 3.63) is 59.4 Å². The van der Waals surface area contributed by atoms with Gasteiger partial charge in [0, 0.05) is 6.54 Å². The zero-order chi connectivity index (χ0) is 21.6. The molecule has 158 valence electrons. The van der Waals surface area contributed by atoms with Crippen LogP contribution in [0.4, 0.5) is 4.39 Å². The van der Waals surface area contributed by atoms with Crippen LogP contribution >= 0.6 is 0 Å². The van der Waals surface area contributed by atoms with E-state index in [0.29, 0.717) is 17.1 Å². The van der Waals surface area contributed by atoms with Crippen LogP contribution in [0.25, 0.3) is 0 Å². The molecule has 1 amide bonds. The van der Waals surface area contributed by atoms with Crippen molar-refractivity contribution >= 4 is 15.9 Å². The highest BCUT2D eigenvalue weighted by molar-refractivity contribution is 7.88. The second-order valence-electron chi connectivity index (χ2n) is 6.56. The molecule has 2 rings (SSSR count). The van der Waals surface area contributed by atoms with Crippen LogP contribution in [0.5, 0.6) is 11.5 Å². The Morgan fingerprint density at radius 2 is 1.72 bits per heavy atom. The van der Waals surface area contributed by atoms with E-state index in [0.717, 1.165) is 16.1 Å². The molecule has 1 atom stereocenters. The summed E-state index contributed by atoms with van der Waals surface area (Å²) >= 11 is 0. The summed E-state index contributed by atoms with van der Waals surface area (Å²) in [4.78, 5) is 12.5. The van der Waals surface area contributed by atoms with Crippen LogP contribution in [-0.2, 0) is 21.4 Å². The van der Waals surface area contributed by atoms with Gasteiger partial charge in [0.1, 0.15) is 5.82 Å². The Balaban J connectivity index is 2.08. The third-order valence-electron chi connectivity index (χ3n) is 4.35. The summed E-state index contributed by atoms with van der Waals surface area (Å²) in [6.45, 7) is 1.40. The summed E-state index contributed by atoms with van der Waals surface area (Å²) in [6, 6.07) is 10.3. The van der Waals surface area contributed by atoms with Gasteiger partial charge in [-0.05, 0) is 42.3 Å². The van der Waals surface area contributed by atoms with Crippen LogP contribution < -0.4 is 14.8 Å². The smallest absolute Gasteiger partial charge is 0.235 e. The first-order chi connectivity index (χ1) is 13.6. The first-order valence-corrected chi connectivity index (χ1v) is 10.7. The van der Waals surface area contributed by atoms with E-state index in [2.05, 4.69) is 5.32 Å². The fourth-order valence-corrected chi connectivity index (χ4v) is 3.47. The van der Waals surface area contributed by atoms with Crippen LogP contribution in [-0.4, -0.2) is 45.7 Å². The largest absolute Gasteiger partial charge is 0.493 e. The number of ether oxygens (including phenoxy) is 2. The quantitative estimate of drug-likeness (QED) is 0.669. The van der Waals surface area contributed by atoms with E-state index in [1.54, 1.807) is 25.1 Å². The second-order valence-corrected chi connectivity index (χ2v) is 8.54. The number of carbonyl (C=O) groups excluding carboxylic acids is 1. The Morgan fingerprint density at radius 1 is 1.10 bits per heavy atom. The van der Waals surface area contributed by atoms with Gasteiger partial charge in [0.05, 0.1) is 33.1 Å². The maximum Gasteiger partial charge on any atom is 0.235 e. The normalized spacial score (nSPS) is 12.5. The van der Waals surface area contributed by atoms with Gasteiger partial charge in [0.15, 0.2) is 11.5 Å². The summed E-state index contributed by atoms with van der Waals surface area (Å²) in [5.41, 5.74) is 1.36. The number of hydrogen-bond donors (Lipinski definition) is 1. The van der Waals surface area contributed by atoms with Crippen LogP contribution in [0.1, 0.15) is 24.1 Å². The van der Waals surface area contributed by atoms with E-state index in [1.165, 1.54) is 38.5 Å². The molecule has 0 aliphatic rings. The summed E-state index contributed by atoms with van der Waals surface area (Å²) in [7, 11) is -0.597. The lowest BCUT2D eigenvalue weighted by Crippen LogP contribution is -2.40. The van der Waals surface area contributed by atoms with E-state index >= 15 is 0 Å². The molecule has 1 N–H and O–H groups in total. The van der Waals surface area contributed by atoms with Crippen LogP contribution in [0.15, 0.2) is 42.5 Å². The number of benzene rings is 2. The number of halogens is 1. The molecule has 0 aliphatic carbocycles. The molecule has 0 radical (unpaired) electrons. The molecule has 2 aromatic carbocycles. The molecule has 0 bridgehead atoms. The summed E-state index contributed by atoms with van der Waals surface area (Å²) in [5, 5.41) is 2.78. The number of hydrogen-bond acceptors (Lipinski definition) is 5. The molecular weight excluding hydrogens is 399 g/mol. The Morgan fingerprint density at radius 3 is 2.28 bits per heavy atom. The van der Waals surface area contributed by atoms with Gasteiger partial charge in [-0.3, -0.25) is 4.79 Å². The van der Waals surface area contributed by atoms with Crippen molar-refractivity contribution in [2.45, 2.75) is 19.5 Å². The van der Waals surface area contributed by atoms with Gasteiger partial charge in [0.2, 0.25) is 15.9 Å². The number of carbonyl (C=O) groups is 1. The molecule has 29 heavy (non-hydrogen) atoms. The van der Waals surface area contributed by atoms with Gasteiger partial charge >= 0.3 is 0 Å². The first kappa shape index (κ1) is 22.6. The minimum absolute atomic E-state index is 0.0305. The standard InChI is InChI=1S/C20H25FN2O5S/c1-14(16-7-10-18(27-2)19(11-16)28-3)22-20(24)13-23(29(4,25)26)12-15-5-8-17(21)9-6-15/h5-11,14H,12-13H2,1-4H3,(H,22,24). The topological polar surface area (TPSA) is 84.9 Å². The first-order valence-electron chi connectivity index (χ1n) is 8.85. The fraction of sp³-hybridized carbons (Fsp3) is 0.350. The van der Waals surface area contributed by atoms with Crippen molar-refractivity contribution in [1.29, 1.82) is 0 Å². The maximum atomic E-state index is 13.1. The number of nitrogens with zero attached hydrogens (tertiary/aromatic N) is 1. The zero-order valence-corrected chi connectivity index (χ0v) is 17.6. The molecular formula is C20H25FN2O5S. The number of rotatable bonds is 9. The fourth-order valence-electron chi connectivity index (χ4n) is 2.74. The molecule has 0 fully saturated rings. The lowest BCUT2D eigenvalue weighted by molar-refractivity contribution is -0.122. The van der Waals surface area contributed by atoms with Crippen molar-refractivity contribution < 1.29 is 27.1 Å². The Kier molecular flexibility index (Phi) is 7.58. The number of nitrogens with one attached hydrogen (secondary N) is 1. The highest BCUT2D eigenvalue weighted by atomic mass is 32.2. The summed E-state index contributed by atoms with van der Waals surface area (Å²) in [5.74, 6) is 0.221. The highest BCUT2D eigenvalue weighted by Crippen LogP contribution is 2.29. The van der Waals surface area contributed by atoms with E-state index < -0.39 is 21.7 Å². The highest BCUT2D eigenvalue weighted by Gasteiger charge is 2.22. The van der Waals surface area contributed by atoms with Gasteiger partial charge in [-0.1, -0.05) is 18.2 Å². The lowest BCUT2D eigenvalue weighted by atomic mass is 10.1. The minimum Gasteiger partial charge on any atom is -0.493 e. The lowest BCUT2D eigenvalue weighted by Gasteiger charge is -2.22. The van der Waals surface area contributed by atoms with Gasteiger partial charge < -0.3 is 14.8 Å². The average Bonchev–Trinajstić information content (AvgIpc) is 2.67. The SMILES string of the molecule is COc1ccc(C(C)NC(=O)CN(Cc2ccc(F)cc2)S(C)(=O)=O)cc1OC. The van der Waals surface area contributed by atoms with Crippen molar-refractivity contribution in [2.75, 3.05) is 27.0 Å². The van der Waals surface area contributed by atoms with Gasteiger partial charge in [0.25, 0.3) is 0 Å². The van der Waals surface area contributed by atoms with E-state index in [-0.39, 0.29) is 19.1 Å². The molecule has 0 aliphatic heterocycles. The second kappa shape index (κ2) is 9.71. The van der Waals surface area contributed by atoms with Crippen molar-refractivity contribution in [3.63, 3.8) is 0 Å². The van der Waals surface area contributed by atoms with Crippen molar-refractivity contribution in [1.82, 2.24) is 9.62 Å². The van der Waals surface area contributed by atoms with Crippen molar-refractivity contribution in [2.24, 2.45) is 0 Å². The van der Waals surface area contributed by atoms with E-state index in [1.807, 2.05) is 0 Å². The van der Waals surface area contributed by atoms with E-state index in [4.69, 9.17) is 9.47 Å². The molecule has 0 saturated carbocycles. The summed E-state index contributed by atoms with van der Waals surface area (Å²) < 4.78 is 48.7. The molecule has 1 unspecified atom stereocenters. The number of amides is 1. The molecule has 7 nitrogen and oxygen atoms in total. The Labute approximate surface area is 170 Å². The van der Waals surface area contributed by atoms with Crippen LogP contribution in [0.2, 0.25) is 0 Å². The molecule has 2 aromatic rings. The van der Waals surface area contributed by atoms with Crippen LogP contribution in [0.3, 0.4) is 0 Å². The molecule has 0 spiro atoms. The number of sulfonamides is 1. The maximum absolute atomic E-state index is 13.1. The molecule has 9 heteroatoms. The Hall–Kier alpha value is -2.65. The molecule has 0 heterocycles. The third-order valence-corrected chi connectivity index (χ3v) is 5.54. The Bertz CT molecular complexity index is 948. The molecule has 0 aromatic heterocycles. The minimum atomic E-state index is -3.65. The molecule has 0 saturated heterocycles.